The summed E-state index contributed by atoms with van der Waals surface area (Å²) in [7, 11) is 0. The predicted octanol–water partition coefficient (Wildman–Crippen LogP) is 1.15. The molecule has 1 aromatic heterocycles. The van der Waals surface area contributed by atoms with Crippen molar-refractivity contribution in [2.75, 3.05) is 13.1 Å². The van der Waals surface area contributed by atoms with Gasteiger partial charge >= 0.3 is 0 Å². The summed E-state index contributed by atoms with van der Waals surface area (Å²) in [6, 6.07) is 0. The summed E-state index contributed by atoms with van der Waals surface area (Å²) in [6.07, 6.45) is 1.73. The molecule has 0 aromatic carbocycles. The molecule has 90 valence electrons. The molecule has 1 N–H and O–H groups in total. The summed E-state index contributed by atoms with van der Waals surface area (Å²) in [5.74, 6) is 1.61. The summed E-state index contributed by atoms with van der Waals surface area (Å²) in [5.41, 5.74) is 0. The van der Waals surface area contributed by atoms with E-state index in [9.17, 15) is 5.11 Å². The van der Waals surface area contributed by atoms with Crippen molar-refractivity contribution in [1.82, 2.24) is 15.1 Å². The number of aliphatic hydroxyl groups excluding tert-OH is 1. The first-order valence-corrected chi connectivity index (χ1v) is 5.88. The summed E-state index contributed by atoms with van der Waals surface area (Å²) in [4.78, 5) is 2.16. The maximum absolute atomic E-state index is 9.54. The number of β-amino-alcohol motifs (C(OH)–C–C–N with tert-alkyl or cyclic N) is 1. The van der Waals surface area contributed by atoms with E-state index in [0.29, 0.717) is 24.9 Å². The van der Waals surface area contributed by atoms with E-state index in [1.165, 1.54) is 0 Å². The zero-order valence-electron chi connectivity index (χ0n) is 9.89. The summed E-state index contributed by atoms with van der Waals surface area (Å²) in [5, 5.41) is 17.6. The SMILES string of the molecule is CC(C)c1nnc(CN2CCCC(O)C2)o1. The smallest absolute Gasteiger partial charge is 0.230 e. The molecular weight excluding hydrogens is 206 g/mol. The molecule has 0 saturated carbocycles. The summed E-state index contributed by atoms with van der Waals surface area (Å²) >= 11 is 0. The molecule has 1 aliphatic heterocycles. The van der Waals surface area contributed by atoms with Crippen molar-refractivity contribution in [1.29, 1.82) is 0 Å². The molecule has 5 heteroatoms. The fraction of sp³-hybridized carbons (Fsp3) is 0.818. The van der Waals surface area contributed by atoms with E-state index in [1.54, 1.807) is 0 Å². The molecule has 1 unspecified atom stereocenters. The Balaban J connectivity index is 1.92. The number of piperidine rings is 1. The fourth-order valence-corrected chi connectivity index (χ4v) is 1.93. The third-order valence-corrected chi connectivity index (χ3v) is 2.82. The van der Waals surface area contributed by atoms with E-state index in [2.05, 4.69) is 15.1 Å². The van der Waals surface area contributed by atoms with Crippen molar-refractivity contribution >= 4 is 0 Å². The van der Waals surface area contributed by atoms with Crippen molar-refractivity contribution in [3.63, 3.8) is 0 Å². The van der Waals surface area contributed by atoms with Gasteiger partial charge < -0.3 is 9.52 Å². The lowest BCUT2D eigenvalue weighted by atomic mass is 10.1. The highest BCUT2D eigenvalue weighted by Gasteiger charge is 2.20. The van der Waals surface area contributed by atoms with Crippen LogP contribution in [0.15, 0.2) is 4.42 Å². The highest BCUT2D eigenvalue weighted by atomic mass is 16.4. The van der Waals surface area contributed by atoms with Crippen molar-refractivity contribution in [3.8, 4) is 0 Å². The largest absolute Gasteiger partial charge is 0.424 e. The number of hydrogen-bond acceptors (Lipinski definition) is 5. The number of hydrogen-bond donors (Lipinski definition) is 1. The summed E-state index contributed by atoms with van der Waals surface area (Å²) < 4.78 is 5.54. The highest BCUT2D eigenvalue weighted by molar-refractivity contribution is 4.88. The van der Waals surface area contributed by atoms with Gasteiger partial charge in [-0.15, -0.1) is 10.2 Å². The average Bonchev–Trinajstić information content (AvgIpc) is 2.66. The van der Waals surface area contributed by atoms with Crippen molar-refractivity contribution in [3.05, 3.63) is 11.8 Å². The van der Waals surface area contributed by atoms with Crippen LogP contribution in [0.5, 0.6) is 0 Å². The number of likely N-dealkylation sites (tertiary alicyclic amines) is 1. The van der Waals surface area contributed by atoms with Crippen molar-refractivity contribution in [2.24, 2.45) is 0 Å². The lowest BCUT2D eigenvalue weighted by Gasteiger charge is -2.28. The Kier molecular flexibility index (Phi) is 3.56. The third-order valence-electron chi connectivity index (χ3n) is 2.82. The Labute approximate surface area is 95.5 Å². The second kappa shape index (κ2) is 4.93. The minimum absolute atomic E-state index is 0.207. The normalized spacial score (nSPS) is 22.9. The van der Waals surface area contributed by atoms with Crippen molar-refractivity contribution < 1.29 is 9.52 Å². The Morgan fingerprint density at radius 1 is 1.50 bits per heavy atom. The standard InChI is InChI=1S/C11H19N3O2/c1-8(2)11-13-12-10(16-11)7-14-5-3-4-9(15)6-14/h8-9,15H,3-7H2,1-2H3. The van der Waals surface area contributed by atoms with Gasteiger partial charge in [0.15, 0.2) is 0 Å². The van der Waals surface area contributed by atoms with Crippen LogP contribution in [-0.2, 0) is 6.54 Å². The minimum Gasteiger partial charge on any atom is -0.424 e. The molecule has 0 radical (unpaired) electrons. The van der Waals surface area contributed by atoms with E-state index in [0.717, 1.165) is 19.4 Å². The number of aromatic nitrogens is 2. The van der Waals surface area contributed by atoms with Crippen LogP contribution >= 0.6 is 0 Å². The maximum atomic E-state index is 9.54. The Morgan fingerprint density at radius 3 is 2.94 bits per heavy atom. The Hall–Kier alpha value is -0.940. The zero-order valence-corrected chi connectivity index (χ0v) is 9.89. The second-order valence-corrected chi connectivity index (χ2v) is 4.72. The van der Waals surface area contributed by atoms with Crippen LogP contribution < -0.4 is 0 Å². The molecule has 1 saturated heterocycles. The predicted molar refractivity (Wildman–Crippen MR) is 58.9 cm³/mol. The van der Waals surface area contributed by atoms with Gasteiger partial charge in [0.25, 0.3) is 0 Å². The monoisotopic (exact) mass is 225 g/mol. The molecule has 1 atom stereocenters. The lowest BCUT2D eigenvalue weighted by molar-refractivity contribution is 0.0622. The third kappa shape index (κ3) is 2.80. The van der Waals surface area contributed by atoms with E-state index >= 15 is 0 Å². The van der Waals surface area contributed by atoms with Gasteiger partial charge in [-0.25, -0.2) is 0 Å². The Morgan fingerprint density at radius 2 is 2.31 bits per heavy atom. The van der Waals surface area contributed by atoms with Crippen LogP contribution in [0, 0.1) is 0 Å². The van der Waals surface area contributed by atoms with E-state index in [1.807, 2.05) is 13.8 Å². The maximum Gasteiger partial charge on any atom is 0.230 e. The topological polar surface area (TPSA) is 62.4 Å². The van der Waals surface area contributed by atoms with E-state index < -0.39 is 0 Å². The summed E-state index contributed by atoms with van der Waals surface area (Å²) in [6.45, 7) is 6.41. The first-order valence-electron chi connectivity index (χ1n) is 5.88. The molecule has 1 fully saturated rings. The molecular formula is C11H19N3O2. The van der Waals surface area contributed by atoms with Gasteiger partial charge in [-0.2, -0.15) is 0 Å². The van der Waals surface area contributed by atoms with Crippen LogP contribution in [-0.4, -0.2) is 39.4 Å². The molecule has 0 aliphatic carbocycles. The van der Waals surface area contributed by atoms with Gasteiger partial charge in [0.2, 0.25) is 11.8 Å². The molecule has 1 aliphatic rings. The molecule has 1 aromatic rings. The highest BCUT2D eigenvalue weighted by Crippen LogP contribution is 2.15. The van der Waals surface area contributed by atoms with Crippen LogP contribution in [0.3, 0.4) is 0 Å². The van der Waals surface area contributed by atoms with Gasteiger partial charge in [-0.1, -0.05) is 13.8 Å². The van der Waals surface area contributed by atoms with Crippen LogP contribution in [0.25, 0.3) is 0 Å². The average molecular weight is 225 g/mol. The first-order chi connectivity index (χ1) is 7.65. The molecule has 0 bridgehead atoms. The first kappa shape index (κ1) is 11.5. The zero-order chi connectivity index (χ0) is 11.5. The molecule has 0 amide bonds. The number of rotatable bonds is 3. The van der Waals surface area contributed by atoms with Gasteiger partial charge in [0, 0.05) is 12.5 Å². The molecule has 2 rings (SSSR count). The lowest BCUT2D eigenvalue weighted by Crippen LogP contribution is -2.37. The van der Waals surface area contributed by atoms with Crippen LogP contribution in [0.1, 0.15) is 44.4 Å². The quantitative estimate of drug-likeness (QED) is 0.836. The number of nitrogens with zero attached hydrogens (tertiary/aromatic N) is 3. The fourth-order valence-electron chi connectivity index (χ4n) is 1.93. The van der Waals surface area contributed by atoms with Crippen molar-refractivity contribution in [2.45, 2.75) is 45.3 Å². The van der Waals surface area contributed by atoms with Gasteiger partial charge in [-0.05, 0) is 19.4 Å². The van der Waals surface area contributed by atoms with E-state index in [4.69, 9.17) is 4.42 Å². The van der Waals surface area contributed by atoms with Gasteiger partial charge in [0.05, 0.1) is 12.6 Å². The van der Waals surface area contributed by atoms with Gasteiger partial charge in [-0.3, -0.25) is 4.90 Å². The second-order valence-electron chi connectivity index (χ2n) is 4.72. The van der Waals surface area contributed by atoms with Crippen LogP contribution in [0.2, 0.25) is 0 Å². The Bertz CT molecular complexity index is 338. The molecule has 5 nitrogen and oxygen atoms in total. The molecule has 2 heterocycles. The van der Waals surface area contributed by atoms with Gasteiger partial charge in [0.1, 0.15) is 0 Å². The molecule has 0 spiro atoms. The molecule has 16 heavy (non-hydrogen) atoms. The van der Waals surface area contributed by atoms with Crippen LogP contribution in [0.4, 0.5) is 0 Å². The minimum atomic E-state index is -0.207. The number of aliphatic hydroxyl groups is 1. The van der Waals surface area contributed by atoms with E-state index in [-0.39, 0.29) is 12.0 Å².